The maximum Gasteiger partial charge on any atom is 0.144 e. The summed E-state index contributed by atoms with van der Waals surface area (Å²) in [6.07, 6.45) is 2.98. The van der Waals surface area contributed by atoms with Gasteiger partial charge in [0.1, 0.15) is 17.3 Å². The number of amidine groups is 1. The molecule has 1 aromatic heterocycles. The molecule has 1 heterocycles. The van der Waals surface area contributed by atoms with Gasteiger partial charge >= 0.3 is 0 Å². The fraction of sp³-hybridized carbons (Fsp3) is 0.167. The fourth-order valence-corrected chi connectivity index (χ4v) is 0.596. The van der Waals surface area contributed by atoms with E-state index in [0.717, 1.165) is 0 Å². The minimum absolute atomic E-state index is 0.0693. The van der Waals surface area contributed by atoms with E-state index in [-0.39, 0.29) is 5.84 Å². The summed E-state index contributed by atoms with van der Waals surface area (Å²) >= 11 is 0. The Hall–Kier alpha value is -1.65. The van der Waals surface area contributed by atoms with E-state index in [0.29, 0.717) is 11.5 Å². The van der Waals surface area contributed by atoms with Crippen molar-refractivity contribution in [3.05, 3.63) is 18.1 Å². The van der Waals surface area contributed by atoms with Crippen molar-refractivity contribution in [1.82, 2.24) is 9.97 Å². The van der Waals surface area contributed by atoms with Crippen molar-refractivity contribution >= 4 is 11.7 Å². The van der Waals surface area contributed by atoms with Crippen molar-refractivity contribution < 1.29 is 0 Å². The van der Waals surface area contributed by atoms with Crippen LogP contribution in [0.1, 0.15) is 5.69 Å². The maximum absolute atomic E-state index is 7.02. The average Bonchev–Trinajstić information content (AvgIpc) is 2.05. The molecular weight excluding hydrogens is 142 g/mol. The standard InChI is InChI=1S/C6H9N5/c1-9-5-3-10-4(2-11-5)6(7)8/h2-3H,1H3,(H3,7,8)(H,9,11). The zero-order chi connectivity index (χ0) is 8.27. The summed E-state index contributed by atoms with van der Waals surface area (Å²) in [5.41, 5.74) is 5.56. The van der Waals surface area contributed by atoms with E-state index in [2.05, 4.69) is 15.3 Å². The van der Waals surface area contributed by atoms with Gasteiger partial charge in [0.2, 0.25) is 0 Å². The van der Waals surface area contributed by atoms with Gasteiger partial charge in [-0.05, 0) is 0 Å². The van der Waals surface area contributed by atoms with E-state index in [1.807, 2.05) is 0 Å². The first kappa shape index (κ1) is 7.46. The van der Waals surface area contributed by atoms with Crippen molar-refractivity contribution in [2.45, 2.75) is 0 Å². The lowest BCUT2D eigenvalue weighted by molar-refractivity contribution is 1.15. The number of rotatable bonds is 2. The predicted octanol–water partition coefficient (Wildman–Crippen LogP) is -0.198. The molecule has 5 heteroatoms. The highest BCUT2D eigenvalue weighted by Crippen LogP contribution is 1.97. The summed E-state index contributed by atoms with van der Waals surface area (Å²) in [4.78, 5) is 7.80. The monoisotopic (exact) mass is 151 g/mol. The highest BCUT2D eigenvalue weighted by molar-refractivity contribution is 5.92. The molecular formula is C6H9N5. The molecule has 0 aliphatic rings. The topological polar surface area (TPSA) is 87.7 Å². The first-order valence-corrected chi connectivity index (χ1v) is 3.08. The number of hydrogen-bond acceptors (Lipinski definition) is 4. The lowest BCUT2D eigenvalue weighted by Crippen LogP contribution is -2.13. The maximum atomic E-state index is 7.02. The normalized spacial score (nSPS) is 9.18. The molecule has 1 rings (SSSR count). The third kappa shape index (κ3) is 1.64. The molecule has 0 unspecified atom stereocenters. The molecule has 0 saturated carbocycles. The Morgan fingerprint density at radius 1 is 1.55 bits per heavy atom. The second kappa shape index (κ2) is 2.96. The Kier molecular flexibility index (Phi) is 2.00. The Morgan fingerprint density at radius 2 is 2.27 bits per heavy atom. The molecule has 0 saturated heterocycles. The van der Waals surface area contributed by atoms with Crippen molar-refractivity contribution in [3.63, 3.8) is 0 Å². The van der Waals surface area contributed by atoms with Gasteiger partial charge in [0, 0.05) is 7.05 Å². The summed E-state index contributed by atoms with van der Waals surface area (Å²) in [7, 11) is 1.75. The summed E-state index contributed by atoms with van der Waals surface area (Å²) in [5.74, 6) is 0.593. The number of hydrogen-bond donors (Lipinski definition) is 3. The van der Waals surface area contributed by atoms with Crippen LogP contribution in [0, 0.1) is 5.41 Å². The summed E-state index contributed by atoms with van der Waals surface area (Å²) in [6.45, 7) is 0. The van der Waals surface area contributed by atoms with Gasteiger partial charge < -0.3 is 11.1 Å². The molecule has 5 nitrogen and oxygen atoms in total. The zero-order valence-electron chi connectivity index (χ0n) is 6.13. The van der Waals surface area contributed by atoms with Gasteiger partial charge in [-0.2, -0.15) is 0 Å². The summed E-state index contributed by atoms with van der Waals surface area (Å²) < 4.78 is 0. The third-order valence-corrected chi connectivity index (χ3v) is 1.18. The van der Waals surface area contributed by atoms with E-state index in [4.69, 9.17) is 11.1 Å². The van der Waals surface area contributed by atoms with Crippen LogP contribution in [0.4, 0.5) is 5.82 Å². The molecule has 0 spiro atoms. The average molecular weight is 151 g/mol. The Morgan fingerprint density at radius 3 is 2.64 bits per heavy atom. The fourth-order valence-electron chi connectivity index (χ4n) is 0.596. The molecule has 0 fully saturated rings. The van der Waals surface area contributed by atoms with Crippen LogP contribution in [0.15, 0.2) is 12.4 Å². The van der Waals surface area contributed by atoms with Gasteiger partial charge in [-0.25, -0.2) is 9.97 Å². The first-order valence-electron chi connectivity index (χ1n) is 3.08. The Balaban J connectivity index is 2.91. The van der Waals surface area contributed by atoms with Crippen LogP contribution in [0.2, 0.25) is 0 Å². The van der Waals surface area contributed by atoms with Crippen LogP contribution >= 0.6 is 0 Å². The van der Waals surface area contributed by atoms with Crippen molar-refractivity contribution in [3.8, 4) is 0 Å². The number of anilines is 1. The van der Waals surface area contributed by atoms with Crippen LogP contribution in [0.5, 0.6) is 0 Å². The molecule has 0 aliphatic carbocycles. The van der Waals surface area contributed by atoms with E-state index < -0.39 is 0 Å². The van der Waals surface area contributed by atoms with Crippen LogP contribution in [-0.4, -0.2) is 22.9 Å². The third-order valence-electron chi connectivity index (χ3n) is 1.18. The molecule has 1 aromatic rings. The zero-order valence-corrected chi connectivity index (χ0v) is 6.13. The predicted molar refractivity (Wildman–Crippen MR) is 42.6 cm³/mol. The Bertz CT molecular complexity index is 252. The van der Waals surface area contributed by atoms with Crippen LogP contribution in [-0.2, 0) is 0 Å². The minimum Gasteiger partial charge on any atom is -0.382 e. The molecule has 11 heavy (non-hydrogen) atoms. The van der Waals surface area contributed by atoms with Gasteiger partial charge in [-0.15, -0.1) is 0 Å². The highest BCUT2D eigenvalue weighted by Gasteiger charge is 1.96. The van der Waals surface area contributed by atoms with Crippen LogP contribution in [0.3, 0.4) is 0 Å². The molecule has 0 aromatic carbocycles. The second-order valence-corrected chi connectivity index (χ2v) is 1.95. The highest BCUT2D eigenvalue weighted by atomic mass is 15.0. The summed E-state index contributed by atoms with van der Waals surface area (Å²) in [5, 5.41) is 9.83. The van der Waals surface area contributed by atoms with Gasteiger partial charge in [-0.3, -0.25) is 5.41 Å². The smallest absolute Gasteiger partial charge is 0.144 e. The quantitative estimate of drug-likeness (QED) is 0.403. The number of nitrogen functional groups attached to an aromatic ring is 1. The number of nitrogens with one attached hydrogen (secondary N) is 2. The molecule has 4 N–H and O–H groups in total. The van der Waals surface area contributed by atoms with Crippen molar-refractivity contribution in [2.24, 2.45) is 5.73 Å². The minimum atomic E-state index is -0.0693. The second-order valence-electron chi connectivity index (χ2n) is 1.95. The van der Waals surface area contributed by atoms with E-state index in [9.17, 15) is 0 Å². The number of nitrogens with two attached hydrogens (primary N) is 1. The van der Waals surface area contributed by atoms with Gasteiger partial charge in [-0.1, -0.05) is 0 Å². The molecule has 0 atom stereocenters. The number of nitrogens with zero attached hydrogens (tertiary/aromatic N) is 2. The SMILES string of the molecule is CNc1cnc(C(=N)N)cn1. The molecule has 0 amide bonds. The van der Waals surface area contributed by atoms with Gasteiger partial charge in [0.05, 0.1) is 12.4 Å². The van der Waals surface area contributed by atoms with Crippen LogP contribution in [0.25, 0.3) is 0 Å². The lowest BCUT2D eigenvalue weighted by atomic mass is 10.4. The summed E-state index contributed by atoms with van der Waals surface area (Å²) in [6, 6.07) is 0. The van der Waals surface area contributed by atoms with E-state index in [1.54, 1.807) is 7.05 Å². The first-order chi connectivity index (χ1) is 5.24. The van der Waals surface area contributed by atoms with Gasteiger partial charge in [0.15, 0.2) is 0 Å². The van der Waals surface area contributed by atoms with Gasteiger partial charge in [0.25, 0.3) is 0 Å². The largest absolute Gasteiger partial charge is 0.382 e. The van der Waals surface area contributed by atoms with Crippen molar-refractivity contribution in [1.29, 1.82) is 5.41 Å². The number of aromatic nitrogens is 2. The molecule has 0 radical (unpaired) electrons. The van der Waals surface area contributed by atoms with E-state index >= 15 is 0 Å². The van der Waals surface area contributed by atoms with Crippen LogP contribution < -0.4 is 11.1 Å². The molecule has 0 aliphatic heterocycles. The lowest BCUT2D eigenvalue weighted by Gasteiger charge is -1.98. The Labute approximate surface area is 64.2 Å². The van der Waals surface area contributed by atoms with E-state index in [1.165, 1.54) is 12.4 Å². The molecule has 0 bridgehead atoms. The van der Waals surface area contributed by atoms with Crippen molar-refractivity contribution in [2.75, 3.05) is 12.4 Å². The molecule has 58 valence electrons.